The van der Waals surface area contributed by atoms with E-state index in [1.807, 2.05) is 0 Å². The first-order valence-electron chi connectivity index (χ1n) is 9.47. The zero-order valence-corrected chi connectivity index (χ0v) is 17.2. The van der Waals surface area contributed by atoms with Gasteiger partial charge in [0.2, 0.25) is 10.0 Å². The SMILES string of the molecule is C=CCNC(=O)[C@H](C)OC(=O)c1cc(S(=O)(=O)NC2CCCCC2)ccc1C. The number of hydrogen-bond acceptors (Lipinski definition) is 5. The second-order valence-electron chi connectivity index (χ2n) is 7.01. The lowest BCUT2D eigenvalue weighted by Crippen LogP contribution is -2.36. The van der Waals surface area contributed by atoms with Gasteiger partial charge in [0.05, 0.1) is 10.5 Å². The van der Waals surface area contributed by atoms with Crippen LogP contribution in [0.4, 0.5) is 0 Å². The van der Waals surface area contributed by atoms with Gasteiger partial charge in [0.1, 0.15) is 0 Å². The summed E-state index contributed by atoms with van der Waals surface area (Å²) in [4.78, 5) is 24.4. The number of ether oxygens (including phenoxy) is 1. The summed E-state index contributed by atoms with van der Waals surface area (Å²) in [6, 6.07) is 4.26. The van der Waals surface area contributed by atoms with Gasteiger partial charge in [-0.1, -0.05) is 31.4 Å². The van der Waals surface area contributed by atoms with Gasteiger partial charge < -0.3 is 10.1 Å². The number of hydrogen-bond donors (Lipinski definition) is 2. The largest absolute Gasteiger partial charge is 0.449 e. The van der Waals surface area contributed by atoms with Crippen LogP contribution in [0.5, 0.6) is 0 Å². The van der Waals surface area contributed by atoms with Crippen molar-refractivity contribution in [1.29, 1.82) is 0 Å². The van der Waals surface area contributed by atoms with E-state index in [4.69, 9.17) is 4.74 Å². The maximum absolute atomic E-state index is 12.7. The van der Waals surface area contributed by atoms with Gasteiger partial charge in [0.25, 0.3) is 5.91 Å². The highest BCUT2D eigenvalue weighted by Gasteiger charge is 2.25. The van der Waals surface area contributed by atoms with Gasteiger partial charge in [0.15, 0.2) is 6.10 Å². The smallest absolute Gasteiger partial charge is 0.339 e. The summed E-state index contributed by atoms with van der Waals surface area (Å²) in [5.74, 6) is -1.19. The van der Waals surface area contributed by atoms with Crippen LogP contribution in [0.3, 0.4) is 0 Å². The van der Waals surface area contributed by atoms with Crippen molar-refractivity contribution in [2.75, 3.05) is 6.54 Å². The Labute approximate surface area is 166 Å². The second kappa shape index (κ2) is 9.84. The molecule has 1 amide bonds. The summed E-state index contributed by atoms with van der Waals surface area (Å²) >= 11 is 0. The molecule has 0 aromatic heterocycles. The molecule has 8 heteroatoms. The fourth-order valence-corrected chi connectivity index (χ4v) is 4.42. The molecule has 0 bridgehead atoms. The standard InChI is InChI=1S/C20H28N2O5S/c1-4-12-21-19(23)15(3)27-20(24)18-13-17(11-10-14(18)2)28(25,26)22-16-8-6-5-7-9-16/h4,10-11,13,15-16,22H,1,5-9,12H2,2-3H3,(H,21,23)/t15-/m0/s1. The fraction of sp³-hybridized carbons (Fsp3) is 0.500. The summed E-state index contributed by atoms with van der Waals surface area (Å²) in [5.41, 5.74) is 0.690. The summed E-state index contributed by atoms with van der Waals surface area (Å²) < 4.78 is 33.3. The maximum Gasteiger partial charge on any atom is 0.339 e. The van der Waals surface area contributed by atoms with Crippen LogP contribution in [-0.4, -0.2) is 39.0 Å². The molecule has 0 saturated heterocycles. The van der Waals surface area contributed by atoms with Crippen LogP contribution in [0.25, 0.3) is 0 Å². The van der Waals surface area contributed by atoms with Crippen molar-refractivity contribution < 1.29 is 22.7 Å². The number of carbonyl (C=O) groups is 2. The number of sulfonamides is 1. The van der Waals surface area contributed by atoms with E-state index in [0.29, 0.717) is 5.56 Å². The molecule has 154 valence electrons. The molecule has 2 rings (SSSR count). The zero-order chi connectivity index (χ0) is 20.7. The Morgan fingerprint density at radius 2 is 1.96 bits per heavy atom. The molecule has 7 nitrogen and oxygen atoms in total. The van der Waals surface area contributed by atoms with Crippen LogP contribution in [0, 0.1) is 6.92 Å². The lowest BCUT2D eigenvalue weighted by atomic mass is 9.96. The van der Waals surface area contributed by atoms with E-state index in [1.165, 1.54) is 25.1 Å². The molecule has 28 heavy (non-hydrogen) atoms. The first-order chi connectivity index (χ1) is 13.2. The molecule has 1 saturated carbocycles. The summed E-state index contributed by atoms with van der Waals surface area (Å²) in [6.45, 7) is 6.91. The van der Waals surface area contributed by atoms with E-state index in [2.05, 4.69) is 16.6 Å². The van der Waals surface area contributed by atoms with Crippen LogP contribution in [0.2, 0.25) is 0 Å². The van der Waals surface area contributed by atoms with Crippen molar-refractivity contribution in [3.05, 3.63) is 42.0 Å². The van der Waals surface area contributed by atoms with E-state index < -0.39 is 28.0 Å². The first kappa shape index (κ1) is 22.1. The summed E-state index contributed by atoms with van der Waals surface area (Å²) in [5, 5.41) is 2.54. The molecule has 1 aliphatic carbocycles. The molecular formula is C20H28N2O5S. The Morgan fingerprint density at radius 3 is 2.61 bits per heavy atom. The third-order valence-electron chi connectivity index (χ3n) is 4.74. The number of carbonyl (C=O) groups excluding carboxylic acids is 2. The maximum atomic E-state index is 12.7. The van der Waals surface area contributed by atoms with Crippen LogP contribution >= 0.6 is 0 Å². The number of aryl methyl sites for hydroxylation is 1. The number of amides is 1. The van der Waals surface area contributed by atoms with Gasteiger partial charge >= 0.3 is 5.97 Å². The Balaban J connectivity index is 2.14. The van der Waals surface area contributed by atoms with E-state index in [-0.39, 0.29) is 23.0 Å². The minimum absolute atomic E-state index is 0.0133. The van der Waals surface area contributed by atoms with Gasteiger partial charge in [0, 0.05) is 12.6 Å². The van der Waals surface area contributed by atoms with E-state index in [9.17, 15) is 18.0 Å². The van der Waals surface area contributed by atoms with Gasteiger partial charge in [-0.15, -0.1) is 6.58 Å². The quantitative estimate of drug-likeness (QED) is 0.508. The lowest BCUT2D eigenvalue weighted by Gasteiger charge is -2.22. The Bertz CT molecular complexity index is 829. The van der Waals surface area contributed by atoms with Gasteiger partial charge in [-0.05, 0) is 44.4 Å². The molecule has 0 heterocycles. The zero-order valence-electron chi connectivity index (χ0n) is 16.4. The molecule has 0 spiro atoms. The van der Waals surface area contributed by atoms with Crippen LogP contribution in [0.15, 0.2) is 35.7 Å². The average molecular weight is 409 g/mol. The normalized spacial score (nSPS) is 16.2. The Morgan fingerprint density at radius 1 is 1.29 bits per heavy atom. The van der Waals surface area contributed by atoms with Crippen LogP contribution in [-0.2, 0) is 19.6 Å². The minimum Gasteiger partial charge on any atom is -0.449 e. The fourth-order valence-electron chi connectivity index (χ4n) is 3.09. The number of benzene rings is 1. The molecule has 1 aromatic rings. The predicted molar refractivity (Wildman–Crippen MR) is 106 cm³/mol. The number of nitrogens with one attached hydrogen (secondary N) is 2. The average Bonchev–Trinajstić information content (AvgIpc) is 2.66. The van der Waals surface area contributed by atoms with Crippen molar-refractivity contribution in [3.63, 3.8) is 0 Å². The molecule has 1 atom stereocenters. The van der Waals surface area contributed by atoms with Gasteiger partial charge in [-0.3, -0.25) is 4.79 Å². The third-order valence-corrected chi connectivity index (χ3v) is 6.26. The highest BCUT2D eigenvalue weighted by molar-refractivity contribution is 7.89. The van der Waals surface area contributed by atoms with E-state index >= 15 is 0 Å². The van der Waals surface area contributed by atoms with Gasteiger partial charge in [-0.25, -0.2) is 17.9 Å². The third kappa shape index (κ3) is 5.90. The summed E-state index contributed by atoms with van der Waals surface area (Å²) in [7, 11) is -3.74. The highest BCUT2D eigenvalue weighted by Crippen LogP contribution is 2.22. The molecule has 0 radical (unpaired) electrons. The van der Waals surface area contributed by atoms with Crippen LogP contribution in [0.1, 0.15) is 54.9 Å². The highest BCUT2D eigenvalue weighted by atomic mass is 32.2. The van der Waals surface area contributed by atoms with Crippen molar-refractivity contribution in [3.8, 4) is 0 Å². The number of rotatable bonds is 8. The van der Waals surface area contributed by atoms with E-state index in [1.54, 1.807) is 13.0 Å². The predicted octanol–water partition coefficient (Wildman–Crippen LogP) is 2.45. The monoisotopic (exact) mass is 408 g/mol. The topological polar surface area (TPSA) is 102 Å². The molecule has 1 aromatic carbocycles. The molecule has 0 unspecified atom stereocenters. The van der Waals surface area contributed by atoms with Crippen molar-refractivity contribution in [2.24, 2.45) is 0 Å². The summed E-state index contributed by atoms with van der Waals surface area (Å²) in [6.07, 6.45) is 5.28. The number of esters is 1. The first-order valence-corrected chi connectivity index (χ1v) is 11.0. The van der Waals surface area contributed by atoms with Crippen molar-refractivity contribution in [2.45, 2.75) is 63.0 Å². The second-order valence-corrected chi connectivity index (χ2v) is 8.73. The minimum atomic E-state index is -3.74. The van der Waals surface area contributed by atoms with E-state index in [0.717, 1.165) is 32.1 Å². The van der Waals surface area contributed by atoms with Gasteiger partial charge in [-0.2, -0.15) is 0 Å². The molecule has 2 N–H and O–H groups in total. The lowest BCUT2D eigenvalue weighted by molar-refractivity contribution is -0.128. The molecule has 1 fully saturated rings. The molecular weight excluding hydrogens is 380 g/mol. The molecule has 1 aliphatic rings. The molecule has 0 aliphatic heterocycles. The van der Waals surface area contributed by atoms with Crippen molar-refractivity contribution in [1.82, 2.24) is 10.0 Å². The Kier molecular flexibility index (Phi) is 7.77. The van der Waals surface area contributed by atoms with Crippen molar-refractivity contribution >= 4 is 21.9 Å². The van der Waals surface area contributed by atoms with Crippen LogP contribution < -0.4 is 10.0 Å². The Hall–Kier alpha value is -2.19.